The van der Waals surface area contributed by atoms with Crippen LogP contribution in [0.15, 0.2) is 53.1 Å². The predicted molar refractivity (Wildman–Crippen MR) is 80.1 cm³/mol. The van der Waals surface area contributed by atoms with Crippen molar-refractivity contribution in [3.63, 3.8) is 0 Å². The molecule has 0 spiro atoms. The largest absolute Gasteiger partial charge is 0.489 e. The predicted octanol–water partition coefficient (Wildman–Crippen LogP) is 4.85. The van der Waals surface area contributed by atoms with E-state index in [0.29, 0.717) is 5.75 Å². The van der Waals surface area contributed by atoms with Crippen molar-refractivity contribution in [1.82, 2.24) is 4.98 Å². The Bertz CT molecular complexity index is 787. The third-order valence-electron chi connectivity index (χ3n) is 3.10. The Hall–Kier alpha value is -2.01. The average Bonchev–Trinajstić information content (AvgIpc) is 2.47. The molecule has 0 N–H and O–H groups in total. The lowest BCUT2D eigenvalue weighted by molar-refractivity contribution is 0.293. The minimum atomic E-state index is -0.612. The maximum Gasteiger partial charge on any atom is 0.132 e. The first-order valence-corrected chi connectivity index (χ1v) is 7.04. The van der Waals surface area contributed by atoms with Gasteiger partial charge < -0.3 is 4.74 Å². The Morgan fingerprint density at radius 1 is 1.05 bits per heavy atom. The summed E-state index contributed by atoms with van der Waals surface area (Å²) in [4.78, 5) is 4.22. The van der Waals surface area contributed by atoms with E-state index >= 15 is 0 Å². The molecule has 21 heavy (non-hydrogen) atoms. The number of ether oxygens (including phenoxy) is 1. The maximum absolute atomic E-state index is 13.5. The molecule has 106 valence electrons. The first-order chi connectivity index (χ1) is 10.1. The van der Waals surface area contributed by atoms with Crippen molar-refractivity contribution in [3.05, 3.63) is 70.3 Å². The Balaban J connectivity index is 1.87. The molecule has 0 fully saturated rings. The lowest BCUT2D eigenvalue weighted by Crippen LogP contribution is -2.01. The van der Waals surface area contributed by atoms with Crippen molar-refractivity contribution < 1.29 is 13.5 Å². The fourth-order valence-electron chi connectivity index (χ4n) is 2.01. The number of hydrogen-bond donors (Lipinski definition) is 0. The molecule has 0 amide bonds. The van der Waals surface area contributed by atoms with Crippen LogP contribution in [-0.2, 0) is 6.61 Å². The van der Waals surface area contributed by atoms with Gasteiger partial charge in [-0.05, 0) is 36.4 Å². The van der Waals surface area contributed by atoms with Gasteiger partial charge in [0.25, 0.3) is 0 Å². The quantitative estimate of drug-likeness (QED) is 0.673. The summed E-state index contributed by atoms with van der Waals surface area (Å²) in [5.41, 5.74) is 0.733. The summed E-state index contributed by atoms with van der Waals surface area (Å²) in [6.45, 7) is -0.165. The topological polar surface area (TPSA) is 22.1 Å². The van der Waals surface area contributed by atoms with E-state index in [1.54, 1.807) is 24.4 Å². The number of pyridine rings is 1. The summed E-state index contributed by atoms with van der Waals surface area (Å²) < 4.78 is 33.4. The lowest BCUT2D eigenvalue weighted by atomic mass is 10.2. The van der Waals surface area contributed by atoms with Crippen molar-refractivity contribution in [3.8, 4) is 5.75 Å². The molecule has 1 aromatic heterocycles. The summed E-state index contributed by atoms with van der Waals surface area (Å²) in [6.07, 6.45) is 1.70. The van der Waals surface area contributed by atoms with Crippen LogP contribution in [0.5, 0.6) is 5.75 Å². The van der Waals surface area contributed by atoms with E-state index in [1.807, 2.05) is 6.07 Å². The molecule has 0 saturated carbocycles. The zero-order valence-electron chi connectivity index (χ0n) is 10.8. The van der Waals surface area contributed by atoms with E-state index < -0.39 is 11.6 Å². The highest BCUT2D eigenvalue weighted by molar-refractivity contribution is 9.10. The van der Waals surface area contributed by atoms with Crippen molar-refractivity contribution >= 4 is 26.8 Å². The molecule has 0 saturated heterocycles. The third-order valence-corrected chi connectivity index (χ3v) is 3.80. The Morgan fingerprint density at radius 2 is 1.81 bits per heavy atom. The van der Waals surface area contributed by atoms with Crippen molar-refractivity contribution in [2.45, 2.75) is 6.61 Å². The molecule has 2 nitrogen and oxygen atoms in total. The normalized spacial score (nSPS) is 10.8. The minimum absolute atomic E-state index is 0.0807. The van der Waals surface area contributed by atoms with E-state index in [0.717, 1.165) is 15.4 Å². The van der Waals surface area contributed by atoms with Gasteiger partial charge in [0.1, 0.15) is 24.0 Å². The van der Waals surface area contributed by atoms with Crippen LogP contribution in [0.25, 0.3) is 10.9 Å². The molecule has 0 atom stereocenters. The van der Waals surface area contributed by atoms with Crippen LogP contribution in [0.2, 0.25) is 0 Å². The monoisotopic (exact) mass is 349 g/mol. The van der Waals surface area contributed by atoms with Crippen LogP contribution < -0.4 is 4.74 Å². The summed E-state index contributed by atoms with van der Waals surface area (Å²) in [5, 5.41) is 0.879. The molecule has 0 aliphatic heterocycles. The van der Waals surface area contributed by atoms with Gasteiger partial charge in [0.15, 0.2) is 0 Å². The Kier molecular flexibility index (Phi) is 3.84. The Morgan fingerprint density at radius 3 is 2.57 bits per heavy atom. The van der Waals surface area contributed by atoms with E-state index in [-0.39, 0.29) is 12.2 Å². The molecule has 0 radical (unpaired) electrons. The van der Waals surface area contributed by atoms with Crippen molar-refractivity contribution in [1.29, 1.82) is 0 Å². The highest BCUT2D eigenvalue weighted by Crippen LogP contribution is 2.26. The van der Waals surface area contributed by atoms with Crippen LogP contribution >= 0.6 is 15.9 Å². The number of halogens is 3. The van der Waals surface area contributed by atoms with E-state index in [2.05, 4.69) is 20.9 Å². The lowest BCUT2D eigenvalue weighted by Gasteiger charge is -2.09. The summed E-state index contributed by atoms with van der Waals surface area (Å²) in [5.74, 6) is -0.698. The van der Waals surface area contributed by atoms with Crippen molar-refractivity contribution in [2.75, 3.05) is 0 Å². The van der Waals surface area contributed by atoms with Gasteiger partial charge in [-0.2, -0.15) is 0 Å². The van der Waals surface area contributed by atoms with Gasteiger partial charge in [0.05, 0.1) is 11.1 Å². The number of aromatic nitrogens is 1. The summed E-state index contributed by atoms with van der Waals surface area (Å²) in [7, 11) is 0. The molecule has 2 aromatic carbocycles. The van der Waals surface area contributed by atoms with Gasteiger partial charge in [-0.25, -0.2) is 8.78 Å². The molecular formula is C16H10BrF2NO. The maximum atomic E-state index is 13.5. The Labute approximate surface area is 128 Å². The van der Waals surface area contributed by atoms with Gasteiger partial charge in [0, 0.05) is 16.1 Å². The first kappa shape index (κ1) is 13.9. The highest BCUT2D eigenvalue weighted by Gasteiger charge is 2.09. The molecule has 3 rings (SSSR count). The molecule has 1 heterocycles. The molecular weight excluding hydrogens is 340 g/mol. The highest BCUT2D eigenvalue weighted by atomic mass is 79.9. The van der Waals surface area contributed by atoms with E-state index in [9.17, 15) is 8.78 Å². The van der Waals surface area contributed by atoms with E-state index in [1.165, 1.54) is 18.2 Å². The molecule has 0 aliphatic rings. The zero-order chi connectivity index (χ0) is 14.8. The SMILES string of the molecule is Fc1cccc(F)c1COc1ccc2nccc(Br)c2c1. The van der Waals surface area contributed by atoms with Crippen LogP contribution in [0.1, 0.15) is 5.56 Å². The van der Waals surface area contributed by atoms with Crippen molar-refractivity contribution in [2.24, 2.45) is 0 Å². The van der Waals surface area contributed by atoms with Gasteiger partial charge in [-0.15, -0.1) is 0 Å². The number of rotatable bonds is 3. The average molecular weight is 350 g/mol. The molecule has 0 aliphatic carbocycles. The number of hydrogen-bond acceptors (Lipinski definition) is 2. The first-order valence-electron chi connectivity index (χ1n) is 6.25. The van der Waals surface area contributed by atoms with Crippen LogP contribution in [0.4, 0.5) is 8.78 Å². The number of benzene rings is 2. The minimum Gasteiger partial charge on any atom is -0.489 e. The molecule has 5 heteroatoms. The van der Waals surface area contributed by atoms with Crippen LogP contribution in [0, 0.1) is 11.6 Å². The fourth-order valence-corrected chi connectivity index (χ4v) is 2.44. The van der Waals surface area contributed by atoms with E-state index in [4.69, 9.17) is 4.74 Å². The smallest absolute Gasteiger partial charge is 0.132 e. The molecule has 0 unspecified atom stereocenters. The zero-order valence-corrected chi connectivity index (χ0v) is 12.4. The standard InChI is InChI=1S/C16H10BrF2NO/c17-13-6-7-20-16-5-4-10(8-11(13)16)21-9-12-14(18)2-1-3-15(12)19/h1-8H,9H2. The van der Waals surface area contributed by atoms with Gasteiger partial charge in [-0.1, -0.05) is 22.0 Å². The summed E-state index contributed by atoms with van der Waals surface area (Å²) in [6, 6.07) is 10.9. The third kappa shape index (κ3) is 2.88. The number of fused-ring (bicyclic) bond motifs is 1. The van der Waals surface area contributed by atoms with Gasteiger partial charge in [-0.3, -0.25) is 4.98 Å². The van der Waals surface area contributed by atoms with Crippen LogP contribution in [-0.4, -0.2) is 4.98 Å². The van der Waals surface area contributed by atoms with Gasteiger partial charge in [0.2, 0.25) is 0 Å². The van der Waals surface area contributed by atoms with Gasteiger partial charge >= 0.3 is 0 Å². The molecule has 3 aromatic rings. The number of nitrogens with zero attached hydrogens (tertiary/aromatic N) is 1. The second-order valence-corrected chi connectivity index (χ2v) is 5.31. The molecule has 0 bridgehead atoms. The second kappa shape index (κ2) is 5.77. The summed E-state index contributed by atoms with van der Waals surface area (Å²) >= 11 is 3.43. The second-order valence-electron chi connectivity index (χ2n) is 4.46. The fraction of sp³-hybridized carbons (Fsp3) is 0.0625. The van der Waals surface area contributed by atoms with Crippen LogP contribution in [0.3, 0.4) is 0 Å².